The number of nitrogens with one attached hydrogen (secondary N) is 1. The normalized spacial score (nSPS) is 11.6. The molecule has 1 unspecified atom stereocenters. The molecule has 33 heavy (non-hydrogen) atoms. The minimum absolute atomic E-state index is 0.302. The van der Waals surface area contributed by atoms with E-state index in [1.807, 2.05) is 55.5 Å². The van der Waals surface area contributed by atoms with Crippen LogP contribution in [0.3, 0.4) is 0 Å². The minimum atomic E-state index is -0.747. The van der Waals surface area contributed by atoms with Gasteiger partial charge in [0.2, 0.25) is 5.89 Å². The van der Waals surface area contributed by atoms with Gasteiger partial charge in [-0.2, -0.15) is 0 Å². The van der Waals surface area contributed by atoms with Gasteiger partial charge in [-0.15, -0.1) is 10.2 Å². The highest BCUT2D eigenvalue weighted by Crippen LogP contribution is 2.32. The van der Waals surface area contributed by atoms with Crippen LogP contribution in [-0.4, -0.2) is 29.3 Å². The Hall–Kier alpha value is -3.84. The summed E-state index contributed by atoms with van der Waals surface area (Å²) in [5.41, 5.74) is 1.97. The van der Waals surface area contributed by atoms with Crippen molar-refractivity contribution >= 4 is 23.2 Å². The van der Waals surface area contributed by atoms with Gasteiger partial charge in [-0.05, 0) is 48.9 Å². The summed E-state index contributed by atoms with van der Waals surface area (Å²) in [6.07, 6.45) is -0.299. The van der Waals surface area contributed by atoms with Crippen LogP contribution < -0.4 is 14.8 Å². The van der Waals surface area contributed by atoms with E-state index in [-0.39, 0.29) is 5.91 Å². The molecule has 4 rings (SSSR count). The SMILES string of the molecule is CCC(Oc1ccccc1-c1nnc(-c2ccccc2)o1)C(=O)Nc1ccc(OC)c(Cl)c1. The fourth-order valence-corrected chi connectivity index (χ4v) is 3.48. The van der Waals surface area contributed by atoms with Gasteiger partial charge in [0.1, 0.15) is 11.5 Å². The number of benzene rings is 3. The van der Waals surface area contributed by atoms with Gasteiger partial charge in [0.25, 0.3) is 11.8 Å². The van der Waals surface area contributed by atoms with Gasteiger partial charge < -0.3 is 19.2 Å². The molecule has 3 aromatic carbocycles. The second-order valence-electron chi connectivity index (χ2n) is 7.13. The number of aromatic nitrogens is 2. The number of carbonyl (C=O) groups is 1. The summed E-state index contributed by atoms with van der Waals surface area (Å²) in [6.45, 7) is 1.87. The predicted octanol–water partition coefficient (Wildman–Crippen LogP) is 5.86. The Bertz CT molecular complexity index is 1240. The van der Waals surface area contributed by atoms with Crippen LogP contribution in [0.2, 0.25) is 5.02 Å². The Kier molecular flexibility index (Phi) is 6.90. The van der Waals surface area contributed by atoms with Gasteiger partial charge in [-0.25, -0.2) is 0 Å². The number of rotatable bonds is 8. The first-order chi connectivity index (χ1) is 16.1. The molecule has 0 aliphatic heterocycles. The third-order valence-electron chi connectivity index (χ3n) is 4.91. The number of para-hydroxylation sites is 1. The van der Waals surface area contributed by atoms with Crippen molar-refractivity contribution in [1.82, 2.24) is 10.2 Å². The summed E-state index contributed by atoms with van der Waals surface area (Å²) in [4.78, 5) is 12.9. The number of amides is 1. The maximum absolute atomic E-state index is 12.9. The number of methoxy groups -OCH3 is 1. The number of carbonyl (C=O) groups excluding carboxylic acids is 1. The van der Waals surface area contributed by atoms with Gasteiger partial charge in [0.15, 0.2) is 6.10 Å². The second-order valence-corrected chi connectivity index (χ2v) is 7.54. The predicted molar refractivity (Wildman–Crippen MR) is 127 cm³/mol. The Balaban J connectivity index is 1.53. The quantitative estimate of drug-likeness (QED) is 0.352. The highest BCUT2D eigenvalue weighted by Gasteiger charge is 2.22. The van der Waals surface area contributed by atoms with E-state index in [4.69, 9.17) is 25.5 Å². The molecule has 1 heterocycles. The molecule has 0 spiro atoms. The van der Waals surface area contributed by atoms with E-state index < -0.39 is 6.10 Å². The van der Waals surface area contributed by atoms with Crippen LogP contribution in [0.4, 0.5) is 5.69 Å². The molecule has 1 aromatic heterocycles. The molecule has 0 aliphatic carbocycles. The van der Waals surface area contributed by atoms with Crippen LogP contribution in [0.25, 0.3) is 22.9 Å². The number of anilines is 1. The highest BCUT2D eigenvalue weighted by molar-refractivity contribution is 6.32. The molecule has 0 saturated carbocycles. The average molecular weight is 464 g/mol. The van der Waals surface area contributed by atoms with E-state index in [1.165, 1.54) is 7.11 Å². The first-order valence-corrected chi connectivity index (χ1v) is 10.8. The van der Waals surface area contributed by atoms with Crippen LogP contribution in [0.15, 0.2) is 77.2 Å². The standard InChI is InChI=1S/C25H22ClN3O4/c1-3-20(23(30)27-17-13-14-22(31-2)19(26)15-17)32-21-12-8-7-11-18(21)25-29-28-24(33-25)16-9-5-4-6-10-16/h4-15,20H,3H2,1-2H3,(H,27,30). The van der Waals surface area contributed by atoms with E-state index in [1.54, 1.807) is 24.3 Å². The highest BCUT2D eigenvalue weighted by atomic mass is 35.5. The number of nitrogens with zero attached hydrogens (tertiary/aromatic N) is 2. The van der Waals surface area contributed by atoms with Crippen molar-refractivity contribution in [2.75, 3.05) is 12.4 Å². The average Bonchev–Trinajstić information content (AvgIpc) is 3.33. The van der Waals surface area contributed by atoms with Crippen molar-refractivity contribution in [1.29, 1.82) is 0 Å². The van der Waals surface area contributed by atoms with Crippen LogP contribution in [0.1, 0.15) is 13.3 Å². The first-order valence-electron chi connectivity index (χ1n) is 10.4. The molecule has 0 fully saturated rings. The maximum atomic E-state index is 12.9. The molecule has 168 valence electrons. The van der Waals surface area contributed by atoms with E-state index in [0.717, 1.165) is 5.56 Å². The molecule has 1 N–H and O–H groups in total. The third-order valence-corrected chi connectivity index (χ3v) is 5.21. The molecule has 8 heteroatoms. The van der Waals surface area contributed by atoms with Gasteiger partial charge >= 0.3 is 0 Å². The molecule has 0 saturated heterocycles. The second kappa shape index (κ2) is 10.2. The Labute approximate surface area is 196 Å². The number of halogens is 1. The molecule has 1 atom stereocenters. The number of hydrogen-bond donors (Lipinski definition) is 1. The lowest BCUT2D eigenvalue weighted by molar-refractivity contribution is -0.122. The zero-order valence-corrected chi connectivity index (χ0v) is 18.9. The van der Waals surface area contributed by atoms with Crippen LogP contribution in [0, 0.1) is 0 Å². The summed E-state index contributed by atoms with van der Waals surface area (Å²) in [5.74, 6) is 1.41. The summed E-state index contributed by atoms with van der Waals surface area (Å²) in [5, 5.41) is 11.6. The Morgan fingerprint density at radius 1 is 1.00 bits per heavy atom. The van der Waals surface area contributed by atoms with Crippen molar-refractivity contribution in [3.63, 3.8) is 0 Å². The maximum Gasteiger partial charge on any atom is 0.265 e. The van der Waals surface area contributed by atoms with Crippen LogP contribution in [-0.2, 0) is 4.79 Å². The Morgan fingerprint density at radius 3 is 2.45 bits per heavy atom. The molecule has 0 radical (unpaired) electrons. The molecule has 0 aliphatic rings. The van der Waals surface area contributed by atoms with Gasteiger partial charge in [-0.3, -0.25) is 4.79 Å². The smallest absolute Gasteiger partial charge is 0.265 e. The zero-order chi connectivity index (χ0) is 23.2. The Morgan fingerprint density at radius 2 is 1.73 bits per heavy atom. The van der Waals surface area contributed by atoms with Crippen molar-refractivity contribution < 1.29 is 18.7 Å². The molecule has 1 amide bonds. The largest absolute Gasteiger partial charge is 0.495 e. The van der Waals surface area contributed by atoms with Gasteiger partial charge in [0, 0.05) is 11.3 Å². The van der Waals surface area contributed by atoms with Crippen molar-refractivity contribution in [3.05, 3.63) is 77.8 Å². The first kappa shape index (κ1) is 22.4. The molecular weight excluding hydrogens is 442 g/mol. The third kappa shape index (κ3) is 5.15. The molecule has 4 aromatic rings. The lowest BCUT2D eigenvalue weighted by Crippen LogP contribution is -2.32. The van der Waals surface area contributed by atoms with E-state index in [0.29, 0.717) is 46.0 Å². The lowest BCUT2D eigenvalue weighted by Gasteiger charge is -2.19. The monoisotopic (exact) mass is 463 g/mol. The van der Waals surface area contributed by atoms with E-state index in [2.05, 4.69) is 15.5 Å². The van der Waals surface area contributed by atoms with Crippen LogP contribution >= 0.6 is 11.6 Å². The molecule has 0 bridgehead atoms. The van der Waals surface area contributed by atoms with Crippen LogP contribution in [0.5, 0.6) is 11.5 Å². The number of hydrogen-bond acceptors (Lipinski definition) is 6. The minimum Gasteiger partial charge on any atom is -0.495 e. The summed E-state index contributed by atoms with van der Waals surface area (Å²) < 4.78 is 17.1. The molecular formula is C25H22ClN3O4. The summed E-state index contributed by atoms with van der Waals surface area (Å²) in [7, 11) is 1.53. The zero-order valence-electron chi connectivity index (χ0n) is 18.1. The summed E-state index contributed by atoms with van der Waals surface area (Å²) >= 11 is 6.16. The van der Waals surface area contributed by atoms with Gasteiger partial charge in [-0.1, -0.05) is 48.9 Å². The topological polar surface area (TPSA) is 86.5 Å². The fourth-order valence-electron chi connectivity index (χ4n) is 3.22. The lowest BCUT2D eigenvalue weighted by atomic mass is 10.2. The van der Waals surface area contributed by atoms with Gasteiger partial charge in [0.05, 0.1) is 17.7 Å². The molecule has 7 nitrogen and oxygen atoms in total. The fraction of sp³-hybridized carbons (Fsp3) is 0.160. The summed E-state index contributed by atoms with van der Waals surface area (Å²) in [6, 6.07) is 21.8. The van der Waals surface area contributed by atoms with E-state index >= 15 is 0 Å². The van der Waals surface area contributed by atoms with Crippen molar-refractivity contribution in [2.45, 2.75) is 19.4 Å². The van der Waals surface area contributed by atoms with E-state index in [9.17, 15) is 4.79 Å². The van der Waals surface area contributed by atoms with Crippen molar-refractivity contribution in [2.24, 2.45) is 0 Å². The number of ether oxygens (including phenoxy) is 2. The van der Waals surface area contributed by atoms with Crippen molar-refractivity contribution in [3.8, 4) is 34.4 Å².